The van der Waals surface area contributed by atoms with Crippen LogP contribution in [-0.4, -0.2) is 17.4 Å². The summed E-state index contributed by atoms with van der Waals surface area (Å²) in [4.78, 5) is 22.2. The number of amides is 1. The number of carbonyl (C=O) groups excluding carboxylic acids is 1. The second-order valence-corrected chi connectivity index (χ2v) is 5.12. The molecule has 0 bridgehead atoms. The Hall–Kier alpha value is -3.41. The van der Waals surface area contributed by atoms with Crippen LogP contribution in [0.5, 0.6) is 5.75 Å². The lowest BCUT2D eigenvalue weighted by Gasteiger charge is -2.09. The fourth-order valence-corrected chi connectivity index (χ4v) is 2.36. The highest BCUT2D eigenvalue weighted by atomic mass is 16.6. The highest BCUT2D eigenvalue weighted by Gasteiger charge is 2.09. The van der Waals surface area contributed by atoms with Crippen LogP contribution in [0.3, 0.4) is 0 Å². The molecule has 0 radical (unpaired) electrons. The van der Waals surface area contributed by atoms with Crippen molar-refractivity contribution in [2.24, 2.45) is 0 Å². The number of rotatable bonds is 5. The number of hydrogen-bond donors (Lipinski definition) is 1. The van der Waals surface area contributed by atoms with Crippen LogP contribution in [0.1, 0.15) is 0 Å². The predicted octanol–water partition coefficient (Wildman–Crippen LogP) is 3.77. The van der Waals surface area contributed by atoms with Crippen LogP contribution in [0.25, 0.3) is 10.8 Å². The van der Waals surface area contributed by atoms with Crippen LogP contribution in [0, 0.1) is 10.1 Å². The van der Waals surface area contributed by atoms with E-state index in [1.807, 2.05) is 36.4 Å². The summed E-state index contributed by atoms with van der Waals surface area (Å²) in [7, 11) is 0. The topological polar surface area (TPSA) is 81.5 Å². The monoisotopic (exact) mass is 322 g/mol. The Morgan fingerprint density at radius 1 is 1.04 bits per heavy atom. The molecule has 3 rings (SSSR count). The lowest BCUT2D eigenvalue weighted by molar-refractivity contribution is -0.384. The molecule has 0 aromatic heterocycles. The molecular formula is C18H14N2O4. The van der Waals surface area contributed by atoms with Crippen molar-refractivity contribution >= 4 is 28.1 Å². The molecule has 24 heavy (non-hydrogen) atoms. The van der Waals surface area contributed by atoms with Crippen molar-refractivity contribution in [3.05, 3.63) is 76.8 Å². The zero-order valence-corrected chi connectivity index (χ0v) is 12.6. The number of anilines is 1. The lowest BCUT2D eigenvalue weighted by atomic mass is 10.1. The van der Waals surface area contributed by atoms with E-state index in [-0.39, 0.29) is 18.2 Å². The summed E-state index contributed by atoms with van der Waals surface area (Å²) < 4.78 is 5.59. The summed E-state index contributed by atoms with van der Waals surface area (Å²) in [6.07, 6.45) is 0. The van der Waals surface area contributed by atoms with E-state index < -0.39 is 4.92 Å². The van der Waals surface area contributed by atoms with E-state index in [4.69, 9.17) is 4.74 Å². The molecular weight excluding hydrogens is 308 g/mol. The maximum atomic E-state index is 12.0. The summed E-state index contributed by atoms with van der Waals surface area (Å²) in [5.74, 6) is 0.228. The number of nitro groups is 1. The Labute approximate surface area is 137 Å². The molecule has 0 aliphatic carbocycles. The quantitative estimate of drug-likeness (QED) is 0.573. The molecule has 0 saturated carbocycles. The van der Waals surface area contributed by atoms with Crippen LogP contribution >= 0.6 is 0 Å². The van der Waals surface area contributed by atoms with Crippen molar-refractivity contribution < 1.29 is 14.5 Å². The van der Waals surface area contributed by atoms with Crippen molar-refractivity contribution in [2.75, 3.05) is 11.9 Å². The van der Waals surface area contributed by atoms with Crippen LogP contribution in [0.4, 0.5) is 11.4 Å². The van der Waals surface area contributed by atoms with Gasteiger partial charge in [0, 0.05) is 23.2 Å². The van der Waals surface area contributed by atoms with Gasteiger partial charge in [0.25, 0.3) is 11.6 Å². The Kier molecular flexibility index (Phi) is 4.38. The molecule has 1 N–H and O–H groups in total. The smallest absolute Gasteiger partial charge is 0.271 e. The Bertz CT molecular complexity index is 903. The van der Waals surface area contributed by atoms with E-state index in [9.17, 15) is 14.9 Å². The van der Waals surface area contributed by atoms with Crippen LogP contribution in [-0.2, 0) is 4.79 Å². The normalized spacial score (nSPS) is 10.3. The fraction of sp³-hybridized carbons (Fsp3) is 0.0556. The molecule has 0 unspecified atom stereocenters. The fourth-order valence-electron chi connectivity index (χ4n) is 2.36. The third-order valence-corrected chi connectivity index (χ3v) is 3.45. The molecule has 0 aliphatic rings. The van der Waals surface area contributed by atoms with Gasteiger partial charge in [0.1, 0.15) is 5.75 Å². The highest BCUT2D eigenvalue weighted by molar-refractivity contribution is 5.93. The van der Waals surface area contributed by atoms with Crippen LogP contribution in [0.2, 0.25) is 0 Å². The average Bonchev–Trinajstić information content (AvgIpc) is 2.60. The number of carbonyl (C=O) groups is 1. The van der Waals surface area contributed by atoms with Crippen LogP contribution < -0.4 is 10.1 Å². The van der Waals surface area contributed by atoms with Gasteiger partial charge in [0.2, 0.25) is 0 Å². The van der Waals surface area contributed by atoms with Crippen molar-refractivity contribution in [2.45, 2.75) is 0 Å². The Morgan fingerprint density at radius 2 is 1.79 bits per heavy atom. The summed E-state index contributed by atoms with van der Waals surface area (Å²) in [6, 6.07) is 19.1. The maximum Gasteiger partial charge on any atom is 0.271 e. The molecule has 0 atom stereocenters. The maximum absolute atomic E-state index is 12.0. The van der Waals surface area contributed by atoms with Crippen molar-refractivity contribution in [1.29, 1.82) is 0 Å². The van der Waals surface area contributed by atoms with Gasteiger partial charge in [-0.1, -0.05) is 42.5 Å². The second kappa shape index (κ2) is 6.78. The Morgan fingerprint density at radius 3 is 2.62 bits per heavy atom. The minimum atomic E-state index is -0.512. The van der Waals surface area contributed by atoms with E-state index in [0.717, 1.165) is 10.8 Å². The largest absolute Gasteiger partial charge is 0.483 e. The third kappa shape index (κ3) is 3.49. The van der Waals surface area contributed by atoms with Gasteiger partial charge in [-0.2, -0.15) is 0 Å². The van der Waals surface area contributed by atoms with Crippen molar-refractivity contribution in [1.82, 2.24) is 0 Å². The molecule has 0 spiro atoms. The average molecular weight is 322 g/mol. The minimum absolute atomic E-state index is 0.0808. The third-order valence-electron chi connectivity index (χ3n) is 3.45. The molecule has 1 amide bonds. The summed E-state index contributed by atoms with van der Waals surface area (Å²) in [6.45, 7) is -0.184. The number of nitrogens with zero attached hydrogens (tertiary/aromatic N) is 1. The van der Waals surface area contributed by atoms with Gasteiger partial charge in [0.15, 0.2) is 6.61 Å². The van der Waals surface area contributed by atoms with E-state index in [0.29, 0.717) is 11.4 Å². The number of nitrogens with one attached hydrogen (secondary N) is 1. The van der Waals surface area contributed by atoms with Gasteiger partial charge < -0.3 is 10.1 Å². The SMILES string of the molecule is O=C(COc1cccc2ccccc12)Nc1cccc([N+](=O)[O-])c1. The zero-order valence-electron chi connectivity index (χ0n) is 12.6. The summed E-state index contributed by atoms with van der Waals surface area (Å²) in [5, 5.41) is 15.3. The van der Waals surface area contributed by atoms with Gasteiger partial charge >= 0.3 is 0 Å². The lowest BCUT2D eigenvalue weighted by Crippen LogP contribution is -2.20. The number of ether oxygens (including phenoxy) is 1. The number of benzene rings is 3. The first-order valence-corrected chi connectivity index (χ1v) is 7.28. The first kappa shape index (κ1) is 15.5. The van der Waals surface area contributed by atoms with Gasteiger partial charge in [-0.3, -0.25) is 14.9 Å². The number of fused-ring (bicyclic) bond motifs is 1. The molecule has 6 nitrogen and oxygen atoms in total. The van der Waals surface area contributed by atoms with Crippen LogP contribution in [0.15, 0.2) is 66.7 Å². The van der Waals surface area contributed by atoms with Gasteiger partial charge in [-0.05, 0) is 17.5 Å². The van der Waals surface area contributed by atoms with Gasteiger partial charge in [0.05, 0.1) is 4.92 Å². The van der Waals surface area contributed by atoms with Gasteiger partial charge in [-0.25, -0.2) is 0 Å². The molecule has 6 heteroatoms. The van der Waals surface area contributed by atoms with E-state index in [1.54, 1.807) is 12.1 Å². The van der Waals surface area contributed by atoms with E-state index >= 15 is 0 Å². The molecule has 0 saturated heterocycles. The summed E-state index contributed by atoms with van der Waals surface area (Å²) in [5.41, 5.74) is 0.276. The number of nitro benzene ring substituents is 1. The first-order chi connectivity index (χ1) is 11.6. The molecule has 0 heterocycles. The minimum Gasteiger partial charge on any atom is -0.483 e. The van der Waals surface area contributed by atoms with E-state index in [1.165, 1.54) is 18.2 Å². The molecule has 0 aliphatic heterocycles. The zero-order chi connectivity index (χ0) is 16.9. The standard InChI is InChI=1S/C18H14N2O4/c21-18(19-14-7-4-8-15(11-14)20(22)23)12-24-17-10-3-6-13-5-1-2-9-16(13)17/h1-11H,12H2,(H,19,21). The number of hydrogen-bond acceptors (Lipinski definition) is 4. The predicted molar refractivity (Wildman–Crippen MR) is 91.2 cm³/mol. The second-order valence-electron chi connectivity index (χ2n) is 5.12. The molecule has 120 valence electrons. The molecule has 3 aromatic carbocycles. The Balaban J connectivity index is 1.67. The van der Waals surface area contributed by atoms with Crippen molar-refractivity contribution in [3.63, 3.8) is 0 Å². The highest BCUT2D eigenvalue weighted by Crippen LogP contribution is 2.25. The number of non-ortho nitro benzene ring substituents is 1. The van der Waals surface area contributed by atoms with Crippen molar-refractivity contribution in [3.8, 4) is 5.75 Å². The molecule has 0 fully saturated rings. The summed E-state index contributed by atoms with van der Waals surface area (Å²) >= 11 is 0. The molecule has 3 aromatic rings. The first-order valence-electron chi connectivity index (χ1n) is 7.28. The van der Waals surface area contributed by atoms with Gasteiger partial charge in [-0.15, -0.1) is 0 Å². The van der Waals surface area contributed by atoms with E-state index in [2.05, 4.69) is 5.32 Å².